The van der Waals surface area contributed by atoms with Gasteiger partial charge in [0.05, 0.1) is 40.0 Å². The van der Waals surface area contributed by atoms with E-state index in [0.717, 1.165) is 11.3 Å². The Morgan fingerprint density at radius 3 is 2.45 bits per heavy atom. The van der Waals surface area contributed by atoms with E-state index in [0.29, 0.717) is 37.5 Å². The normalized spacial score (nSPS) is 14.8. The number of carbonyl (C=O) groups excluding carboxylic acids is 2. The molecule has 0 saturated heterocycles. The van der Waals surface area contributed by atoms with Gasteiger partial charge in [-0.1, -0.05) is 35.6 Å². The third-order valence-corrected chi connectivity index (χ3v) is 7.09. The molecule has 40 heavy (non-hydrogen) atoms. The molecule has 1 aliphatic heterocycles. The third-order valence-electron chi connectivity index (χ3n) is 6.10. The van der Waals surface area contributed by atoms with Crippen LogP contribution in [-0.4, -0.2) is 41.2 Å². The van der Waals surface area contributed by atoms with Gasteiger partial charge in [-0.05, 0) is 57.0 Å². The van der Waals surface area contributed by atoms with Crippen molar-refractivity contribution >= 4 is 35.0 Å². The Morgan fingerprint density at radius 1 is 1.10 bits per heavy atom. The molecule has 3 aromatic rings. The van der Waals surface area contributed by atoms with Crippen molar-refractivity contribution in [2.75, 3.05) is 19.8 Å². The van der Waals surface area contributed by atoms with E-state index in [1.165, 1.54) is 10.6 Å². The predicted molar refractivity (Wildman–Crippen MR) is 147 cm³/mol. The van der Waals surface area contributed by atoms with Crippen molar-refractivity contribution in [3.63, 3.8) is 0 Å². The largest absolute Gasteiger partial charge is 0.482 e. The van der Waals surface area contributed by atoms with Gasteiger partial charge in [0.2, 0.25) is 0 Å². The van der Waals surface area contributed by atoms with Gasteiger partial charge in [0, 0.05) is 11.6 Å². The summed E-state index contributed by atoms with van der Waals surface area (Å²) in [6, 6.07) is 10.5. The molecule has 12 heteroatoms. The van der Waals surface area contributed by atoms with E-state index in [1.54, 1.807) is 70.2 Å². The van der Waals surface area contributed by atoms with Gasteiger partial charge < -0.3 is 14.2 Å². The SMILES string of the molecule is CCOC(=O)COc1ccc(/C=c2/sc3n(c2=O)[C@H](c2ccc(C)c([N+](=O)[O-])c2)C(C(=O)OCC)=C(C)N=3)cc1. The smallest absolute Gasteiger partial charge is 0.344 e. The van der Waals surface area contributed by atoms with Crippen LogP contribution in [0.5, 0.6) is 5.75 Å². The number of fused-ring (bicyclic) bond motifs is 1. The molecule has 0 aliphatic carbocycles. The van der Waals surface area contributed by atoms with E-state index < -0.39 is 28.5 Å². The molecule has 11 nitrogen and oxygen atoms in total. The van der Waals surface area contributed by atoms with Gasteiger partial charge >= 0.3 is 11.9 Å². The first-order valence-corrected chi connectivity index (χ1v) is 13.3. The van der Waals surface area contributed by atoms with E-state index in [-0.39, 0.29) is 31.1 Å². The summed E-state index contributed by atoms with van der Waals surface area (Å²) in [5.41, 5.74) is 1.51. The number of carbonyl (C=O) groups is 2. The zero-order valence-corrected chi connectivity index (χ0v) is 23.1. The van der Waals surface area contributed by atoms with E-state index in [2.05, 4.69) is 4.99 Å². The average molecular weight is 566 g/mol. The predicted octanol–water partition coefficient (Wildman–Crippen LogP) is 2.96. The molecule has 0 spiro atoms. The average Bonchev–Trinajstić information content (AvgIpc) is 3.22. The van der Waals surface area contributed by atoms with Crippen molar-refractivity contribution in [2.45, 2.75) is 33.7 Å². The maximum Gasteiger partial charge on any atom is 0.344 e. The highest BCUT2D eigenvalue weighted by Crippen LogP contribution is 2.33. The van der Waals surface area contributed by atoms with Crippen molar-refractivity contribution in [3.05, 3.63) is 100 Å². The van der Waals surface area contributed by atoms with Crippen LogP contribution in [0.1, 0.15) is 43.5 Å². The summed E-state index contributed by atoms with van der Waals surface area (Å²) in [5, 5.41) is 11.7. The molecule has 0 radical (unpaired) electrons. The lowest BCUT2D eigenvalue weighted by Gasteiger charge is -2.24. The summed E-state index contributed by atoms with van der Waals surface area (Å²) in [5.74, 6) is -0.661. The van der Waals surface area contributed by atoms with Crippen LogP contribution in [-0.2, 0) is 19.1 Å². The lowest BCUT2D eigenvalue weighted by molar-refractivity contribution is -0.385. The molecule has 1 aromatic heterocycles. The van der Waals surface area contributed by atoms with Gasteiger partial charge in [-0.25, -0.2) is 14.6 Å². The number of benzene rings is 2. The lowest BCUT2D eigenvalue weighted by atomic mass is 9.94. The Balaban J connectivity index is 1.79. The molecule has 1 atom stereocenters. The number of aryl methyl sites for hydroxylation is 1. The maximum atomic E-state index is 13.7. The molecule has 0 saturated carbocycles. The van der Waals surface area contributed by atoms with Gasteiger partial charge in [-0.2, -0.15) is 0 Å². The van der Waals surface area contributed by atoms with Crippen LogP contribution in [0.15, 0.2) is 63.5 Å². The number of allylic oxidation sites excluding steroid dienone is 1. The summed E-state index contributed by atoms with van der Waals surface area (Å²) in [6.45, 7) is 6.80. The van der Waals surface area contributed by atoms with Crippen LogP contribution >= 0.6 is 11.3 Å². The first kappa shape index (κ1) is 28.4. The van der Waals surface area contributed by atoms with Gasteiger partial charge in [-0.15, -0.1) is 0 Å². The molecule has 0 amide bonds. The van der Waals surface area contributed by atoms with Crippen LogP contribution in [0.25, 0.3) is 6.08 Å². The van der Waals surface area contributed by atoms with E-state index >= 15 is 0 Å². The van der Waals surface area contributed by atoms with Crippen molar-refractivity contribution in [1.82, 2.24) is 4.57 Å². The first-order valence-electron chi connectivity index (χ1n) is 12.5. The number of hydrogen-bond donors (Lipinski definition) is 0. The molecular weight excluding hydrogens is 538 g/mol. The molecule has 0 N–H and O–H groups in total. The van der Waals surface area contributed by atoms with Gasteiger partial charge in [0.25, 0.3) is 11.2 Å². The van der Waals surface area contributed by atoms with Crippen LogP contribution in [0.4, 0.5) is 5.69 Å². The lowest BCUT2D eigenvalue weighted by Crippen LogP contribution is -2.40. The minimum atomic E-state index is -0.963. The number of rotatable bonds is 9. The zero-order chi connectivity index (χ0) is 29.0. The molecule has 2 heterocycles. The minimum absolute atomic E-state index is 0.111. The Morgan fingerprint density at radius 2 is 1.80 bits per heavy atom. The van der Waals surface area contributed by atoms with Crippen LogP contribution in [0, 0.1) is 17.0 Å². The zero-order valence-electron chi connectivity index (χ0n) is 22.3. The summed E-state index contributed by atoms with van der Waals surface area (Å²) in [7, 11) is 0. The molecule has 4 rings (SSSR count). The van der Waals surface area contributed by atoms with Crippen molar-refractivity contribution in [2.24, 2.45) is 4.99 Å². The summed E-state index contributed by atoms with van der Waals surface area (Å²) in [4.78, 5) is 54.3. The highest BCUT2D eigenvalue weighted by atomic mass is 32.1. The number of esters is 2. The highest BCUT2D eigenvalue weighted by Gasteiger charge is 2.34. The van der Waals surface area contributed by atoms with E-state index in [4.69, 9.17) is 14.2 Å². The highest BCUT2D eigenvalue weighted by molar-refractivity contribution is 7.07. The number of hydrogen-bond acceptors (Lipinski definition) is 10. The molecule has 2 aromatic carbocycles. The molecule has 1 aliphatic rings. The second-order valence-electron chi connectivity index (χ2n) is 8.77. The number of thiazole rings is 1. The Labute approximate surface area is 232 Å². The van der Waals surface area contributed by atoms with Crippen molar-refractivity contribution < 1.29 is 28.7 Å². The second-order valence-corrected chi connectivity index (χ2v) is 9.78. The summed E-state index contributed by atoms with van der Waals surface area (Å²) in [6.07, 6.45) is 1.68. The maximum absolute atomic E-state index is 13.7. The summed E-state index contributed by atoms with van der Waals surface area (Å²) >= 11 is 1.14. The van der Waals surface area contributed by atoms with Gasteiger partial charge in [0.1, 0.15) is 5.75 Å². The first-order chi connectivity index (χ1) is 19.1. The molecular formula is C28H27N3O8S. The van der Waals surface area contributed by atoms with Gasteiger partial charge in [-0.3, -0.25) is 19.5 Å². The topological polar surface area (TPSA) is 139 Å². The Hall–Kier alpha value is -4.58. The van der Waals surface area contributed by atoms with Crippen molar-refractivity contribution in [1.29, 1.82) is 0 Å². The van der Waals surface area contributed by atoms with E-state index in [1.807, 2.05) is 0 Å². The molecule has 208 valence electrons. The van der Waals surface area contributed by atoms with Gasteiger partial charge in [0.15, 0.2) is 11.4 Å². The number of nitrogens with zero attached hydrogens (tertiary/aromatic N) is 3. The fraction of sp³-hybridized carbons (Fsp3) is 0.286. The third kappa shape index (κ3) is 5.86. The molecule has 0 unspecified atom stereocenters. The van der Waals surface area contributed by atoms with Crippen LogP contribution < -0.4 is 19.6 Å². The standard InChI is InChI=1S/C28H27N3O8S/c1-5-37-23(32)15-39-20-11-8-18(9-12-20)13-22-26(33)30-25(19-10-7-16(3)21(14-19)31(35)36)24(27(34)38-6-2)17(4)29-28(30)40-22/h7-14,25H,5-6,15H2,1-4H3/b22-13+/t25-/m1/s1. The number of ether oxygens (including phenoxy) is 3. The molecule has 0 fully saturated rings. The van der Waals surface area contributed by atoms with E-state index in [9.17, 15) is 24.5 Å². The van der Waals surface area contributed by atoms with Crippen LogP contribution in [0.2, 0.25) is 0 Å². The summed E-state index contributed by atoms with van der Waals surface area (Å²) < 4.78 is 17.3. The Bertz CT molecular complexity index is 1690. The number of nitro benzene ring substituents is 1. The minimum Gasteiger partial charge on any atom is -0.482 e. The number of aromatic nitrogens is 1. The fourth-order valence-corrected chi connectivity index (χ4v) is 5.30. The second kappa shape index (κ2) is 12.1. The van der Waals surface area contributed by atoms with Crippen molar-refractivity contribution in [3.8, 4) is 5.75 Å². The quantitative estimate of drug-likeness (QED) is 0.219. The number of nitro groups is 1. The molecule has 0 bridgehead atoms. The monoisotopic (exact) mass is 565 g/mol. The Kier molecular flexibility index (Phi) is 8.58. The fourth-order valence-electron chi connectivity index (χ4n) is 4.26. The van der Waals surface area contributed by atoms with Crippen LogP contribution in [0.3, 0.4) is 0 Å².